The first-order valence-corrected chi connectivity index (χ1v) is 8.56. The number of amides is 1. The van der Waals surface area contributed by atoms with Gasteiger partial charge < -0.3 is 19.1 Å². The van der Waals surface area contributed by atoms with Crippen molar-refractivity contribution >= 4 is 11.9 Å². The van der Waals surface area contributed by atoms with Crippen molar-refractivity contribution in [2.45, 2.75) is 6.10 Å². The van der Waals surface area contributed by atoms with E-state index in [-0.39, 0.29) is 17.2 Å². The third-order valence-corrected chi connectivity index (χ3v) is 4.26. The normalized spacial score (nSPS) is 15.1. The Hall–Kier alpha value is -2.93. The second-order valence-corrected chi connectivity index (χ2v) is 5.98. The maximum atomic E-state index is 13.9. The average molecular weight is 373 g/mol. The zero-order valence-corrected chi connectivity index (χ0v) is 14.9. The van der Waals surface area contributed by atoms with Crippen LogP contribution in [0.4, 0.5) is 4.39 Å². The minimum absolute atomic E-state index is 0.00371. The van der Waals surface area contributed by atoms with Crippen LogP contribution in [0.3, 0.4) is 0 Å². The Kier molecular flexibility index (Phi) is 6.03. The van der Waals surface area contributed by atoms with E-state index in [1.54, 1.807) is 35.2 Å². The number of rotatable bonds is 5. The van der Waals surface area contributed by atoms with Gasteiger partial charge in [0.1, 0.15) is 0 Å². The second-order valence-electron chi connectivity index (χ2n) is 5.98. The Bertz CT molecular complexity index is 805. The molecule has 2 aromatic carbocycles. The van der Waals surface area contributed by atoms with Gasteiger partial charge in [-0.05, 0) is 18.2 Å². The van der Waals surface area contributed by atoms with Gasteiger partial charge in [-0.2, -0.15) is 0 Å². The van der Waals surface area contributed by atoms with Crippen LogP contribution in [0.15, 0.2) is 48.5 Å². The number of morpholine rings is 1. The molecule has 1 aliphatic heterocycles. The van der Waals surface area contributed by atoms with Gasteiger partial charge >= 0.3 is 5.97 Å². The third kappa shape index (κ3) is 4.43. The molecule has 0 aromatic heterocycles. The highest BCUT2D eigenvalue weighted by Crippen LogP contribution is 2.24. The summed E-state index contributed by atoms with van der Waals surface area (Å²) in [6, 6.07) is 12.5. The SMILES string of the molecule is COc1ccc(C(=O)OC(C(=O)N2CCOCC2)c2ccccc2)cc1F. The fraction of sp³-hybridized carbons (Fsp3) is 0.300. The Labute approximate surface area is 156 Å². The molecule has 2 aromatic rings. The van der Waals surface area contributed by atoms with E-state index in [2.05, 4.69) is 0 Å². The summed E-state index contributed by atoms with van der Waals surface area (Å²) in [7, 11) is 1.34. The number of nitrogens with zero attached hydrogens (tertiary/aromatic N) is 1. The molecule has 142 valence electrons. The number of carbonyl (C=O) groups excluding carboxylic acids is 2. The quantitative estimate of drug-likeness (QED) is 0.754. The van der Waals surface area contributed by atoms with Crippen molar-refractivity contribution < 1.29 is 28.2 Å². The molecule has 3 rings (SSSR count). The van der Waals surface area contributed by atoms with E-state index in [9.17, 15) is 14.0 Å². The summed E-state index contributed by atoms with van der Waals surface area (Å²) in [5.74, 6) is -1.77. The standard InChI is InChI=1S/C20H20FNO5/c1-25-17-8-7-15(13-16(17)21)20(24)27-18(14-5-3-2-4-6-14)19(23)22-9-11-26-12-10-22/h2-8,13,18H,9-12H2,1H3. The first kappa shape index (κ1) is 18.8. The lowest BCUT2D eigenvalue weighted by Gasteiger charge is -2.30. The second kappa shape index (κ2) is 8.64. The molecule has 27 heavy (non-hydrogen) atoms. The predicted octanol–water partition coefficient (Wildman–Crippen LogP) is 2.59. The van der Waals surface area contributed by atoms with Crippen molar-refractivity contribution in [2.24, 2.45) is 0 Å². The fourth-order valence-corrected chi connectivity index (χ4v) is 2.81. The van der Waals surface area contributed by atoms with Crippen molar-refractivity contribution in [1.82, 2.24) is 4.90 Å². The van der Waals surface area contributed by atoms with E-state index >= 15 is 0 Å². The van der Waals surface area contributed by atoms with Crippen molar-refractivity contribution in [1.29, 1.82) is 0 Å². The van der Waals surface area contributed by atoms with Gasteiger partial charge in [-0.1, -0.05) is 30.3 Å². The molecule has 1 fully saturated rings. The van der Waals surface area contributed by atoms with Crippen molar-refractivity contribution in [3.05, 3.63) is 65.5 Å². The largest absolute Gasteiger partial charge is 0.494 e. The molecular weight excluding hydrogens is 353 g/mol. The van der Waals surface area contributed by atoms with Crippen LogP contribution >= 0.6 is 0 Å². The molecule has 0 N–H and O–H groups in total. The van der Waals surface area contributed by atoms with E-state index in [1.807, 2.05) is 0 Å². The van der Waals surface area contributed by atoms with Gasteiger partial charge in [-0.3, -0.25) is 4.79 Å². The molecule has 6 nitrogen and oxygen atoms in total. The minimum atomic E-state index is -1.11. The van der Waals surface area contributed by atoms with Gasteiger partial charge in [0, 0.05) is 18.7 Å². The van der Waals surface area contributed by atoms with Gasteiger partial charge in [0.05, 0.1) is 25.9 Å². The lowest BCUT2D eigenvalue weighted by Crippen LogP contribution is -2.44. The topological polar surface area (TPSA) is 65.1 Å². The Morgan fingerprint density at radius 3 is 2.44 bits per heavy atom. The molecule has 1 atom stereocenters. The number of hydrogen-bond acceptors (Lipinski definition) is 5. The number of halogens is 1. The summed E-state index contributed by atoms with van der Waals surface area (Å²) in [4.78, 5) is 27.1. The summed E-state index contributed by atoms with van der Waals surface area (Å²) in [6.45, 7) is 1.73. The van der Waals surface area contributed by atoms with Gasteiger partial charge in [0.2, 0.25) is 6.10 Å². The molecule has 1 unspecified atom stereocenters. The number of benzene rings is 2. The number of methoxy groups -OCH3 is 1. The van der Waals surface area contributed by atoms with Crippen molar-refractivity contribution in [3.8, 4) is 5.75 Å². The monoisotopic (exact) mass is 373 g/mol. The number of carbonyl (C=O) groups is 2. The molecule has 0 aliphatic carbocycles. The molecular formula is C20H20FNO5. The molecule has 1 aliphatic rings. The predicted molar refractivity (Wildman–Crippen MR) is 94.9 cm³/mol. The van der Waals surface area contributed by atoms with Crippen molar-refractivity contribution in [3.63, 3.8) is 0 Å². The summed E-state index contributed by atoms with van der Waals surface area (Å²) < 4.78 is 29.5. The maximum absolute atomic E-state index is 13.9. The zero-order chi connectivity index (χ0) is 19.2. The summed E-state index contributed by atoms with van der Waals surface area (Å²) in [6.07, 6.45) is -1.11. The molecule has 1 amide bonds. The summed E-state index contributed by atoms with van der Waals surface area (Å²) in [5, 5.41) is 0. The highest BCUT2D eigenvalue weighted by atomic mass is 19.1. The van der Waals surface area contributed by atoms with E-state index < -0.39 is 17.9 Å². The van der Waals surface area contributed by atoms with Crippen molar-refractivity contribution in [2.75, 3.05) is 33.4 Å². The fourth-order valence-electron chi connectivity index (χ4n) is 2.81. The zero-order valence-electron chi connectivity index (χ0n) is 14.9. The van der Waals surface area contributed by atoms with E-state index in [0.29, 0.717) is 31.9 Å². The van der Waals surface area contributed by atoms with Gasteiger partial charge in [-0.15, -0.1) is 0 Å². The lowest BCUT2D eigenvalue weighted by atomic mass is 10.1. The highest BCUT2D eigenvalue weighted by Gasteiger charge is 2.31. The van der Waals surface area contributed by atoms with Gasteiger partial charge in [-0.25, -0.2) is 9.18 Å². The van der Waals surface area contributed by atoms with Crippen LogP contribution in [0.2, 0.25) is 0 Å². The summed E-state index contributed by atoms with van der Waals surface area (Å²) in [5.41, 5.74) is 0.556. The molecule has 0 spiro atoms. The van der Waals surface area contributed by atoms with Crippen LogP contribution < -0.4 is 4.74 Å². The third-order valence-electron chi connectivity index (χ3n) is 4.26. The Morgan fingerprint density at radius 2 is 1.81 bits per heavy atom. The summed E-state index contributed by atoms with van der Waals surface area (Å²) >= 11 is 0. The smallest absolute Gasteiger partial charge is 0.339 e. The van der Waals surface area contributed by atoms with E-state index in [0.717, 1.165) is 6.07 Å². The van der Waals surface area contributed by atoms with Gasteiger partial charge in [0.25, 0.3) is 5.91 Å². The number of esters is 1. The van der Waals surface area contributed by atoms with Crippen LogP contribution in [0.5, 0.6) is 5.75 Å². The molecule has 7 heteroatoms. The van der Waals surface area contributed by atoms with Crippen LogP contribution in [0, 0.1) is 5.82 Å². The van der Waals surface area contributed by atoms with E-state index in [4.69, 9.17) is 14.2 Å². The number of ether oxygens (including phenoxy) is 3. The highest BCUT2D eigenvalue weighted by molar-refractivity contribution is 5.93. The Balaban J connectivity index is 1.83. The first-order chi connectivity index (χ1) is 13.1. The van der Waals surface area contributed by atoms with Crippen LogP contribution in [-0.2, 0) is 14.3 Å². The molecule has 0 saturated carbocycles. The Morgan fingerprint density at radius 1 is 1.11 bits per heavy atom. The maximum Gasteiger partial charge on any atom is 0.339 e. The van der Waals surface area contributed by atoms with Gasteiger partial charge in [0.15, 0.2) is 11.6 Å². The first-order valence-electron chi connectivity index (χ1n) is 8.56. The molecule has 1 saturated heterocycles. The van der Waals surface area contributed by atoms with Crippen LogP contribution in [0.1, 0.15) is 22.0 Å². The minimum Gasteiger partial charge on any atom is -0.494 e. The van der Waals surface area contributed by atoms with E-state index in [1.165, 1.54) is 19.2 Å². The average Bonchev–Trinajstić information content (AvgIpc) is 2.72. The number of hydrogen-bond donors (Lipinski definition) is 0. The van der Waals surface area contributed by atoms with Crippen LogP contribution in [-0.4, -0.2) is 50.2 Å². The van der Waals surface area contributed by atoms with Crippen LogP contribution in [0.25, 0.3) is 0 Å². The molecule has 0 radical (unpaired) electrons. The molecule has 1 heterocycles. The lowest BCUT2D eigenvalue weighted by molar-refractivity contribution is -0.145. The molecule has 0 bridgehead atoms.